The standard InChI is InChI=1S/C18H13N5O2S/c19-6-12-1-2-16(14(3-12)7-20)17-5-13(8-22-26(24)25)4-15-9-23(11-21)10-18(15)17/h1-5,22H,8-10H2,(H,24,25)/p-1. The second-order valence-corrected chi connectivity index (χ2v) is 6.54. The maximum Gasteiger partial charge on any atom is 0.179 e. The Morgan fingerprint density at radius 2 is 1.92 bits per heavy atom. The minimum Gasteiger partial charge on any atom is -0.760 e. The number of nitrogens with zero attached hydrogens (tertiary/aromatic N) is 4. The third-order valence-corrected chi connectivity index (χ3v) is 4.59. The molecule has 0 aromatic heterocycles. The third-order valence-electron chi connectivity index (χ3n) is 4.21. The fourth-order valence-electron chi connectivity index (χ4n) is 3.07. The highest BCUT2D eigenvalue weighted by Gasteiger charge is 2.23. The summed E-state index contributed by atoms with van der Waals surface area (Å²) in [4.78, 5) is 1.59. The summed E-state index contributed by atoms with van der Waals surface area (Å²) in [6, 6.07) is 12.7. The van der Waals surface area contributed by atoms with Crippen LogP contribution < -0.4 is 4.72 Å². The first-order chi connectivity index (χ1) is 12.5. The molecule has 2 aromatic carbocycles. The average molecular weight is 362 g/mol. The number of nitriles is 3. The van der Waals surface area contributed by atoms with Gasteiger partial charge in [0.15, 0.2) is 6.19 Å². The van der Waals surface area contributed by atoms with Gasteiger partial charge in [-0.25, -0.2) is 4.72 Å². The molecule has 8 heteroatoms. The Morgan fingerprint density at radius 1 is 1.12 bits per heavy atom. The van der Waals surface area contributed by atoms with Crippen molar-refractivity contribution in [3.63, 3.8) is 0 Å². The van der Waals surface area contributed by atoms with Gasteiger partial charge in [-0.2, -0.15) is 15.8 Å². The van der Waals surface area contributed by atoms with Gasteiger partial charge in [0.05, 0.1) is 36.4 Å². The molecular weight excluding hydrogens is 350 g/mol. The zero-order chi connectivity index (χ0) is 18.7. The second-order valence-electron chi connectivity index (χ2n) is 5.78. The van der Waals surface area contributed by atoms with Crippen LogP contribution in [-0.2, 0) is 30.9 Å². The van der Waals surface area contributed by atoms with Gasteiger partial charge in [-0.15, -0.1) is 0 Å². The van der Waals surface area contributed by atoms with Crippen LogP contribution in [0.5, 0.6) is 0 Å². The Kier molecular flexibility index (Phi) is 4.97. The Labute approximate surface area is 153 Å². The van der Waals surface area contributed by atoms with Crippen LogP contribution in [-0.4, -0.2) is 13.7 Å². The smallest absolute Gasteiger partial charge is 0.179 e. The summed E-state index contributed by atoms with van der Waals surface area (Å²) in [5.74, 6) is 0. The molecule has 0 fully saturated rings. The molecule has 0 aliphatic carbocycles. The summed E-state index contributed by atoms with van der Waals surface area (Å²) in [7, 11) is 0. The van der Waals surface area contributed by atoms with E-state index in [9.17, 15) is 19.3 Å². The molecule has 1 aliphatic rings. The third kappa shape index (κ3) is 3.42. The predicted octanol–water partition coefficient (Wildman–Crippen LogP) is 1.78. The van der Waals surface area contributed by atoms with Crippen LogP contribution >= 0.6 is 0 Å². The summed E-state index contributed by atoms with van der Waals surface area (Å²) in [5, 5.41) is 27.7. The first kappa shape index (κ1) is 17.6. The van der Waals surface area contributed by atoms with Crippen LogP contribution in [0.25, 0.3) is 11.1 Å². The number of benzene rings is 2. The summed E-state index contributed by atoms with van der Waals surface area (Å²) < 4.78 is 23.9. The molecule has 1 N–H and O–H groups in total. The van der Waals surface area contributed by atoms with Crippen molar-refractivity contribution in [2.75, 3.05) is 0 Å². The zero-order valence-corrected chi connectivity index (χ0v) is 14.3. The molecule has 3 rings (SSSR count). The van der Waals surface area contributed by atoms with E-state index in [4.69, 9.17) is 5.26 Å². The van der Waals surface area contributed by atoms with Gasteiger partial charge < -0.3 is 9.45 Å². The molecule has 0 saturated heterocycles. The molecule has 1 aliphatic heterocycles. The molecule has 26 heavy (non-hydrogen) atoms. The second kappa shape index (κ2) is 7.35. The van der Waals surface area contributed by atoms with Crippen molar-refractivity contribution < 1.29 is 8.76 Å². The van der Waals surface area contributed by atoms with E-state index in [1.54, 1.807) is 17.0 Å². The summed E-state index contributed by atoms with van der Waals surface area (Å²) >= 11 is -2.39. The summed E-state index contributed by atoms with van der Waals surface area (Å²) in [6.07, 6.45) is 2.12. The van der Waals surface area contributed by atoms with Crippen molar-refractivity contribution in [2.24, 2.45) is 0 Å². The molecule has 0 spiro atoms. The lowest BCUT2D eigenvalue weighted by Crippen LogP contribution is -2.16. The lowest BCUT2D eigenvalue weighted by atomic mass is 9.91. The molecule has 2 aromatic rings. The molecule has 0 bridgehead atoms. The van der Waals surface area contributed by atoms with Crippen LogP contribution in [0.2, 0.25) is 0 Å². The lowest BCUT2D eigenvalue weighted by Gasteiger charge is -2.14. The topological polar surface area (TPSA) is 127 Å². The highest BCUT2D eigenvalue weighted by molar-refractivity contribution is 7.77. The minimum absolute atomic E-state index is 0.112. The number of fused-ring (bicyclic) bond motifs is 1. The Hall–Kier alpha value is -3.22. The number of nitrogens with one attached hydrogen (secondary N) is 1. The molecule has 1 unspecified atom stereocenters. The first-order valence-electron chi connectivity index (χ1n) is 7.62. The van der Waals surface area contributed by atoms with Gasteiger partial charge in [-0.1, -0.05) is 12.1 Å². The molecule has 0 saturated carbocycles. The predicted molar refractivity (Wildman–Crippen MR) is 91.9 cm³/mol. The summed E-state index contributed by atoms with van der Waals surface area (Å²) in [5.41, 5.74) is 4.77. The van der Waals surface area contributed by atoms with E-state index in [-0.39, 0.29) is 6.54 Å². The van der Waals surface area contributed by atoms with Crippen molar-refractivity contribution in [2.45, 2.75) is 19.6 Å². The Morgan fingerprint density at radius 3 is 2.58 bits per heavy atom. The van der Waals surface area contributed by atoms with E-state index in [2.05, 4.69) is 17.0 Å². The van der Waals surface area contributed by atoms with Crippen molar-refractivity contribution in [3.8, 4) is 29.5 Å². The highest BCUT2D eigenvalue weighted by atomic mass is 32.2. The quantitative estimate of drug-likeness (QED) is 0.652. The van der Waals surface area contributed by atoms with Gasteiger partial charge in [0.1, 0.15) is 0 Å². The Bertz CT molecular complexity index is 1030. The SMILES string of the molecule is N#Cc1ccc(-c2cc(CNS(=O)[O-])cc3c2CN(C#N)C3)c(C#N)c1. The normalized spacial score (nSPS) is 13.4. The monoisotopic (exact) mass is 362 g/mol. The fraction of sp³-hybridized carbons (Fsp3) is 0.167. The fourth-order valence-corrected chi connectivity index (χ4v) is 3.36. The van der Waals surface area contributed by atoms with Gasteiger partial charge in [0.25, 0.3) is 0 Å². The largest absolute Gasteiger partial charge is 0.760 e. The Balaban J connectivity index is 2.15. The zero-order valence-electron chi connectivity index (χ0n) is 13.5. The van der Waals surface area contributed by atoms with Crippen LogP contribution in [0, 0.1) is 34.1 Å². The van der Waals surface area contributed by atoms with E-state index < -0.39 is 11.3 Å². The maximum atomic E-state index is 10.8. The van der Waals surface area contributed by atoms with Crippen molar-refractivity contribution in [1.29, 1.82) is 15.8 Å². The highest BCUT2D eigenvalue weighted by Crippen LogP contribution is 2.35. The molecular formula is C18H12N5O2S-. The van der Waals surface area contributed by atoms with E-state index in [1.165, 1.54) is 6.07 Å². The van der Waals surface area contributed by atoms with E-state index in [0.29, 0.717) is 29.8 Å². The van der Waals surface area contributed by atoms with E-state index >= 15 is 0 Å². The van der Waals surface area contributed by atoms with Crippen LogP contribution in [0.3, 0.4) is 0 Å². The van der Waals surface area contributed by atoms with Crippen LogP contribution in [0.15, 0.2) is 30.3 Å². The minimum atomic E-state index is -2.39. The molecule has 0 radical (unpaired) electrons. The van der Waals surface area contributed by atoms with Crippen LogP contribution in [0.1, 0.15) is 27.8 Å². The molecule has 0 amide bonds. The van der Waals surface area contributed by atoms with Crippen LogP contribution in [0.4, 0.5) is 0 Å². The van der Waals surface area contributed by atoms with E-state index in [0.717, 1.165) is 22.3 Å². The van der Waals surface area contributed by atoms with Gasteiger partial charge in [-0.05, 0) is 46.0 Å². The van der Waals surface area contributed by atoms with Gasteiger partial charge >= 0.3 is 0 Å². The molecule has 1 heterocycles. The number of hydrogen-bond donors (Lipinski definition) is 1. The summed E-state index contributed by atoms with van der Waals surface area (Å²) in [6.45, 7) is 0.972. The number of hydrogen-bond acceptors (Lipinski definition) is 6. The van der Waals surface area contributed by atoms with Gasteiger partial charge in [0, 0.05) is 17.8 Å². The van der Waals surface area contributed by atoms with Crippen molar-refractivity contribution in [1.82, 2.24) is 9.62 Å². The first-order valence-corrected chi connectivity index (χ1v) is 8.70. The van der Waals surface area contributed by atoms with Gasteiger partial charge in [-0.3, -0.25) is 4.21 Å². The average Bonchev–Trinajstić information content (AvgIpc) is 3.08. The molecule has 7 nitrogen and oxygen atoms in total. The molecule has 1 atom stereocenters. The van der Waals surface area contributed by atoms with Gasteiger partial charge in [0.2, 0.25) is 0 Å². The van der Waals surface area contributed by atoms with Crippen molar-refractivity contribution in [3.05, 3.63) is 58.1 Å². The van der Waals surface area contributed by atoms with Crippen molar-refractivity contribution >= 4 is 11.3 Å². The van der Waals surface area contributed by atoms with E-state index in [1.807, 2.05) is 18.2 Å². The number of rotatable bonds is 4. The lowest BCUT2D eigenvalue weighted by molar-refractivity contribution is 0.417. The maximum absolute atomic E-state index is 10.8. The molecule has 128 valence electrons.